The average molecular weight is 350 g/mol. The normalized spacial score (nSPS) is 16.8. The van der Waals surface area contributed by atoms with E-state index >= 15 is 0 Å². The molecule has 0 aromatic heterocycles. The number of piperidine rings is 1. The number of hydrogen-bond donors (Lipinski definition) is 2. The minimum absolute atomic E-state index is 0.0971. The van der Waals surface area contributed by atoms with Gasteiger partial charge in [-0.05, 0) is 50.1 Å². The van der Waals surface area contributed by atoms with Crippen molar-refractivity contribution in [3.63, 3.8) is 0 Å². The largest absolute Gasteiger partial charge is 0.335 e. The predicted octanol–water partition coefficient (Wildman–Crippen LogP) is 4.57. The molecule has 4 nitrogen and oxygen atoms in total. The van der Waals surface area contributed by atoms with Crippen LogP contribution in [0.25, 0.3) is 0 Å². The lowest BCUT2D eigenvalue weighted by Gasteiger charge is -2.32. The monoisotopic (exact) mass is 349 g/mol. The molecule has 5 heteroatoms. The maximum atomic E-state index is 12.2. The lowest BCUT2D eigenvalue weighted by molar-refractivity contribution is 0.196. The fourth-order valence-electron chi connectivity index (χ4n) is 2.93. The second-order valence-corrected chi connectivity index (χ2v) is 9.35. The number of nitrogens with zero attached hydrogens (tertiary/aromatic N) is 1. The van der Waals surface area contributed by atoms with Crippen LogP contribution in [0.3, 0.4) is 0 Å². The smallest absolute Gasteiger partial charge is 0.319 e. The molecule has 0 radical (unpaired) electrons. The van der Waals surface area contributed by atoms with Crippen LogP contribution < -0.4 is 10.6 Å². The molecule has 134 valence electrons. The van der Waals surface area contributed by atoms with E-state index in [1.54, 1.807) is 0 Å². The molecule has 0 aliphatic carbocycles. The minimum Gasteiger partial charge on any atom is -0.335 e. The van der Waals surface area contributed by atoms with Crippen molar-refractivity contribution in [2.45, 2.75) is 62.6 Å². The highest BCUT2D eigenvalue weighted by Gasteiger charge is 2.20. The Morgan fingerprint density at radius 3 is 2.38 bits per heavy atom. The van der Waals surface area contributed by atoms with Crippen molar-refractivity contribution in [3.05, 3.63) is 24.3 Å². The second-order valence-electron chi connectivity index (χ2n) is 7.45. The molecule has 1 aliphatic heterocycles. The number of rotatable bonds is 5. The number of amides is 2. The van der Waals surface area contributed by atoms with Crippen LogP contribution in [-0.2, 0) is 0 Å². The molecule has 0 bridgehead atoms. The topological polar surface area (TPSA) is 44.4 Å². The molecule has 1 aromatic carbocycles. The lowest BCUT2D eigenvalue weighted by Crippen LogP contribution is -2.46. The molecule has 1 aromatic rings. The van der Waals surface area contributed by atoms with E-state index in [-0.39, 0.29) is 16.8 Å². The summed E-state index contributed by atoms with van der Waals surface area (Å²) >= 11 is 1.83. The summed E-state index contributed by atoms with van der Waals surface area (Å²) in [5.74, 6) is 0. The van der Waals surface area contributed by atoms with Crippen molar-refractivity contribution < 1.29 is 4.79 Å². The molecule has 0 unspecified atom stereocenters. The average Bonchev–Trinajstić information content (AvgIpc) is 2.50. The van der Waals surface area contributed by atoms with Gasteiger partial charge < -0.3 is 15.5 Å². The Kier molecular flexibility index (Phi) is 6.99. The first kappa shape index (κ1) is 19.1. The summed E-state index contributed by atoms with van der Waals surface area (Å²) in [7, 11) is 0. The molecule has 1 aliphatic rings. The fourth-order valence-corrected chi connectivity index (χ4v) is 3.91. The van der Waals surface area contributed by atoms with Crippen LogP contribution in [0.1, 0.15) is 47.0 Å². The highest BCUT2D eigenvalue weighted by atomic mass is 32.2. The van der Waals surface area contributed by atoms with Gasteiger partial charge >= 0.3 is 6.03 Å². The highest BCUT2D eigenvalue weighted by Crippen LogP contribution is 2.32. The van der Waals surface area contributed by atoms with Crippen molar-refractivity contribution >= 4 is 23.5 Å². The van der Waals surface area contributed by atoms with Gasteiger partial charge in [-0.25, -0.2) is 4.79 Å². The van der Waals surface area contributed by atoms with Gasteiger partial charge in [0.05, 0.1) is 0 Å². The lowest BCUT2D eigenvalue weighted by atomic mass is 10.1. The van der Waals surface area contributed by atoms with E-state index in [4.69, 9.17) is 0 Å². The Hall–Kier alpha value is -1.20. The molecule has 2 N–H and O–H groups in total. The third-order valence-corrected chi connectivity index (χ3v) is 5.12. The van der Waals surface area contributed by atoms with Gasteiger partial charge in [0.1, 0.15) is 0 Å². The van der Waals surface area contributed by atoms with Crippen LogP contribution in [0.5, 0.6) is 0 Å². The first-order valence-corrected chi connectivity index (χ1v) is 9.76. The van der Waals surface area contributed by atoms with Gasteiger partial charge in [-0.1, -0.05) is 27.7 Å². The predicted molar refractivity (Wildman–Crippen MR) is 104 cm³/mol. The molecule has 0 atom stereocenters. The first-order valence-electron chi connectivity index (χ1n) is 8.94. The molecule has 1 fully saturated rings. The molecule has 1 saturated heterocycles. The zero-order chi connectivity index (χ0) is 17.6. The number of urea groups is 1. The van der Waals surface area contributed by atoms with Crippen LogP contribution >= 0.6 is 11.8 Å². The number of carbonyl (C=O) groups excluding carboxylic acids is 1. The third-order valence-electron chi connectivity index (χ3n) is 4.00. The first-order chi connectivity index (χ1) is 11.4. The minimum atomic E-state index is -0.0971. The van der Waals surface area contributed by atoms with E-state index in [1.807, 2.05) is 23.9 Å². The van der Waals surface area contributed by atoms with E-state index in [1.165, 1.54) is 11.3 Å². The summed E-state index contributed by atoms with van der Waals surface area (Å²) < 4.78 is 0.193. The van der Waals surface area contributed by atoms with Crippen LogP contribution in [-0.4, -0.2) is 41.4 Å². The second kappa shape index (κ2) is 8.77. The van der Waals surface area contributed by atoms with Gasteiger partial charge in [0.25, 0.3) is 0 Å². The Bertz CT molecular complexity index is 516. The van der Waals surface area contributed by atoms with Crippen LogP contribution in [0.2, 0.25) is 0 Å². The number of benzene rings is 1. The quantitative estimate of drug-likeness (QED) is 0.765. The van der Waals surface area contributed by atoms with E-state index in [9.17, 15) is 4.79 Å². The van der Waals surface area contributed by atoms with Crippen LogP contribution in [0, 0.1) is 0 Å². The summed E-state index contributed by atoms with van der Waals surface area (Å²) in [5, 5.41) is 6.04. The number of hydrogen-bond acceptors (Lipinski definition) is 3. The zero-order valence-electron chi connectivity index (χ0n) is 15.4. The summed E-state index contributed by atoms with van der Waals surface area (Å²) in [4.78, 5) is 15.9. The van der Waals surface area contributed by atoms with E-state index in [2.05, 4.69) is 55.4 Å². The Labute approximate surface area is 150 Å². The molecular formula is C19H31N3OS. The molecule has 2 amide bonds. The number of carbonyl (C=O) groups is 1. The molecule has 24 heavy (non-hydrogen) atoms. The maximum Gasteiger partial charge on any atom is 0.319 e. The number of thioether (sulfide) groups is 1. The van der Waals surface area contributed by atoms with Crippen LogP contribution in [0.15, 0.2) is 29.2 Å². The molecule has 1 heterocycles. The van der Waals surface area contributed by atoms with Gasteiger partial charge in [0.15, 0.2) is 0 Å². The summed E-state index contributed by atoms with van der Waals surface area (Å²) in [6.07, 6.45) is 3.27. The van der Waals surface area contributed by atoms with Gasteiger partial charge in [0.2, 0.25) is 0 Å². The van der Waals surface area contributed by atoms with E-state index in [0.717, 1.165) is 38.2 Å². The Morgan fingerprint density at radius 2 is 1.83 bits per heavy atom. The Morgan fingerprint density at radius 1 is 1.21 bits per heavy atom. The number of anilines is 1. The van der Waals surface area contributed by atoms with Crippen molar-refractivity contribution in [1.82, 2.24) is 10.2 Å². The number of likely N-dealkylation sites (tertiary alicyclic amines) is 1. The number of nitrogens with one attached hydrogen (secondary N) is 2. The van der Waals surface area contributed by atoms with Gasteiger partial charge in [0, 0.05) is 34.5 Å². The van der Waals surface area contributed by atoms with E-state index in [0.29, 0.717) is 0 Å². The maximum absolute atomic E-state index is 12.2. The molecular weight excluding hydrogens is 318 g/mol. The standard InChI is InChI=1S/C19H31N3OS/c1-5-12-22-13-10-16(11-14-22)21-18(23)20-15-6-8-17(9-7-15)24-19(2,3)4/h6-9,16H,5,10-14H2,1-4H3,(H2,20,21,23). The van der Waals surface area contributed by atoms with Crippen molar-refractivity contribution in [2.75, 3.05) is 25.0 Å². The summed E-state index contributed by atoms with van der Waals surface area (Å²) in [5.41, 5.74) is 0.842. The van der Waals surface area contributed by atoms with E-state index < -0.39 is 0 Å². The molecule has 2 rings (SSSR count). The van der Waals surface area contributed by atoms with Gasteiger partial charge in [-0.15, -0.1) is 11.8 Å². The van der Waals surface area contributed by atoms with Crippen molar-refractivity contribution in [2.24, 2.45) is 0 Å². The summed E-state index contributed by atoms with van der Waals surface area (Å²) in [6.45, 7) is 12.1. The zero-order valence-corrected chi connectivity index (χ0v) is 16.2. The van der Waals surface area contributed by atoms with Crippen LogP contribution in [0.4, 0.5) is 10.5 Å². The fraction of sp³-hybridized carbons (Fsp3) is 0.632. The Balaban J connectivity index is 1.76. The summed E-state index contributed by atoms with van der Waals surface area (Å²) in [6, 6.07) is 8.26. The van der Waals surface area contributed by atoms with Crippen molar-refractivity contribution in [3.8, 4) is 0 Å². The van der Waals surface area contributed by atoms with Gasteiger partial charge in [-0.2, -0.15) is 0 Å². The molecule has 0 saturated carbocycles. The highest BCUT2D eigenvalue weighted by molar-refractivity contribution is 8.00. The van der Waals surface area contributed by atoms with Crippen molar-refractivity contribution in [1.29, 1.82) is 0 Å². The SMILES string of the molecule is CCCN1CCC(NC(=O)Nc2ccc(SC(C)(C)C)cc2)CC1. The molecule has 0 spiro atoms. The van der Waals surface area contributed by atoms with Gasteiger partial charge in [-0.3, -0.25) is 0 Å². The third kappa shape index (κ3) is 6.73.